The number of hydrogen-bond donors (Lipinski definition) is 2. The summed E-state index contributed by atoms with van der Waals surface area (Å²) in [5, 5.41) is 9.61. The van der Waals surface area contributed by atoms with E-state index < -0.39 is 15.9 Å². The number of aromatic nitrogens is 2. The molecule has 2 aromatic rings. The van der Waals surface area contributed by atoms with Crippen molar-refractivity contribution in [1.29, 1.82) is 0 Å². The fraction of sp³-hybridized carbons (Fsp3) is 0.375. The van der Waals surface area contributed by atoms with Crippen LogP contribution in [0.2, 0.25) is 0 Å². The van der Waals surface area contributed by atoms with Gasteiger partial charge in [0, 0.05) is 17.6 Å². The standard InChI is InChI=1S/C16H21BrN4O3S/c1-5-21(6-2)25(23,24)12-7-8-14(17)13(9-12)16(22)18-15-10(3)19-20-11(15)4/h7-9H,5-6H2,1-4H3,(H,18,22)(H,19,20). The zero-order valence-corrected chi connectivity index (χ0v) is 17.0. The lowest BCUT2D eigenvalue weighted by molar-refractivity contribution is 0.102. The van der Waals surface area contributed by atoms with Crippen LogP contribution in [0, 0.1) is 13.8 Å². The van der Waals surface area contributed by atoms with Crippen molar-refractivity contribution in [3.63, 3.8) is 0 Å². The van der Waals surface area contributed by atoms with Crippen molar-refractivity contribution in [3.8, 4) is 0 Å². The predicted molar refractivity (Wildman–Crippen MR) is 100 cm³/mol. The SMILES string of the molecule is CCN(CC)S(=O)(=O)c1ccc(Br)c(C(=O)Nc2c(C)n[nH]c2C)c1. The number of H-pyrrole nitrogens is 1. The van der Waals surface area contributed by atoms with Gasteiger partial charge in [0.25, 0.3) is 5.91 Å². The molecule has 0 aliphatic heterocycles. The molecule has 0 radical (unpaired) electrons. The number of nitrogens with one attached hydrogen (secondary N) is 2. The number of aryl methyl sites for hydroxylation is 2. The Hall–Kier alpha value is -1.71. The Morgan fingerprint density at radius 2 is 1.92 bits per heavy atom. The molecular weight excluding hydrogens is 408 g/mol. The van der Waals surface area contributed by atoms with Crippen LogP contribution in [-0.2, 0) is 10.0 Å². The van der Waals surface area contributed by atoms with Gasteiger partial charge >= 0.3 is 0 Å². The van der Waals surface area contributed by atoms with E-state index in [0.29, 0.717) is 28.9 Å². The van der Waals surface area contributed by atoms with Crippen molar-refractivity contribution in [2.45, 2.75) is 32.6 Å². The second kappa shape index (κ2) is 7.67. The average Bonchev–Trinajstić information content (AvgIpc) is 2.87. The number of rotatable bonds is 6. The van der Waals surface area contributed by atoms with E-state index in [-0.39, 0.29) is 10.5 Å². The molecule has 1 amide bonds. The Balaban J connectivity index is 2.41. The Labute approximate surface area is 156 Å². The average molecular weight is 429 g/mol. The summed E-state index contributed by atoms with van der Waals surface area (Å²) in [6.07, 6.45) is 0. The van der Waals surface area contributed by atoms with Gasteiger partial charge in [-0.1, -0.05) is 13.8 Å². The highest BCUT2D eigenvalue weighted by Crippen LogP contribution is 2.25. The summed E-state index contributed by atoms with van der Waals surface area (Å²) < 4.78 is 27.2. The summed E-state index contributed by atoms with van der Waals surface area (Å²) in [5.41, 5.74) is 2.23. The first kappa shape index (κ1) is 19.6. The van der Waals surface area contributed by atoms with E-state index >= 15 is 0 Å². The van der Waals surface area contributed by atoms with Crippen LogP contribution in [0.1, 0.15) is 35.6 Å². The maximum Gasteiger partial charge on any atom is 0.256 e. The molecule has 0 spiro atoms. The summed E-state index contributed by atoms with van der Waals surface area (Å²) >= 11 is 3.32. The molecule has 0 atom stereocenters. The molecule has 0 fully saturated rings. The maximum absolute atomic E-state index is 12.7. The van der Waals surface area contributed by atoms with Crippen LogP contribution in [0.3, 0.4) is 0 Å². The number of amides is 1. The molecule has 0 bridgehead atoms. The first-order chi connectivity index (χ1) is 11.7. The fourth-order valence-corrected chi connectivity index (χ4v) is 4.38. The second-order valence-electron chi connectivity index (χ2n) is 5.49. The van der Waals surface area contributed by atoms with Gasteiger partial charge in [-0.25, -0.2) is 8.42 Å². The highest BCUT2D eigenvalue weighted by molar-refractivity contribution is 9.10. The van der Waals surface area contributed by atoms with Crippen molar-refractivity contribution in [2.24, 2.45) is 0 Å². The van der Waals surface area contributed by atoms with E-state index in [1.165, 1.54) is 16.4 Å². The Morgan fingerprint density at radius 1 is 1.28 bits per heavy atom. The zero-order valence-electron chi connectivity index (χ0n) is 14.6. The molecule has 9 heteroatoms. The zero-order chi connectivity index (χ0) is 18.8. The number of aromatic amines is 1. The van der Waals surface area contributed by atoms with Crippen LogP contribution in [0.25, 0.3) is 0 Å². The highest BCUT2D eigenvalue weighted by Gasteiger charge is 2.24. The minimum Gasteiger partial charge on any atom is -0.319 e. The van der Waals surface area contributed by atoms with Gasteiger partial charge in [-0.3, -0.25) is 9.89 Å². The fourth-order valence-electron chi connectivity index (χ4n) is 2.47. The van der Waals surface area contributed by atoms with Crippen LogP contribution in [0.4, 0.5) is 5.69 Å². The molecule has 1 heterocycles. The van der Waals surface area contributed by atoms with Gasteiger partial charge in [-0.2, -0.15) is 9.40 Å². The third-order valence-corrected chi connectivity index (χ3v) is 6.63. The molecule has 0 aliphatic rings. The third-order valence-electron chi connectivity index (χ3n) is 3.89. The van der Waals surface area contributed by atoms with E-state index in [1.54, 1.807) is 33.8 Å². The Bertz CT molecular complexity index is 869. The summed E-state index contributed by atoms with van der Waals surface area (Å²) in [6, 6.07) is 4.45. The van der Waals surface area contributed by atoms with Gasteiger partial charge in [0.15, 0.2) is 0 Å². The largest absolute Gasteiger partial charge is 0.319 e. The lowest BCUT2D eigenvalue weighted by Crippen LogP contribution is -2.30. The first-order valence-corrected chi connectivity index (χ1v) is 10.1. The molecule has 0 saturated heterocycles. The summed E-state index contributed by atoms with van der Waals surface area (Å²) in [5.74, 6) is -0.406. The van der Waals surface area contributed by atoms with Gasteiger partial charge in [-0.15, -0.1) is 0 Å². The summed E-state index contributed by atoms with van der Waals surface area (Å²) in [6.45, 7) is 7.85. The third kappa shape index (κ3) is 3.94. The number of anilines is 1. The molecule has 0 unspecified atom stereocenters. The number of halogens is 1. The Kier molecular flexibility index (Phi) is 6.02. The summed E-state index contributed by atoms with van der Waals surface area (Å²) in [7, 11) is -3.64. The quantitative estimate of drug-likeness (QED) is 0.738. The van der Waals surface area contributed by atoms with Crippen molar-refractivity contribution < 1.29 is 13.2 Å². The van der Waals surface area contributed by atoms with Crippen molar-refractivity contribution in [2.75, 3.05) is 18.4 Å². The van der Waals surface area contributed by atoms with Gasteiger partial charge in [0.2, 0.25) is 10.0 Å². The van der Waals surface area contributed by atoms with E-state index in [2.05, 4.69) is 31.4 Å². The highest BCUT2D eigenvalue weighted by atomic mass is 79.9. The molecule has 0 saturated carbocycles. The lowest BCUT2D eigenvalue weighted by Gasteiger charge is -2.19. The molecular formula is C16H21BrN4O3S. The normalized spacial score (nSPS) is 11.8. The number of benzene rings is 1. The number of sulfonamides is 1. The minimum atomic E-state index is -3.64. The maximum atomic E-state index is 12.7. The van der Waals surface area contributed by atoms with Crippen molar-refractivity contribution >= 4 is 37.5 Å². The monoisotopic (exact) mass is 428 g/mol. The smallest absolute Gasteiger partial charge is 0.256 e. The molecule has 1 aromatic carbocycles. The van der Waals surface area contributed by atoms with E-state index in [0.717, 1.165) is 5.69 Å². The van der Waals surface area contributed by atoms with Crippen LogP contribution in [0.15, 0.2) is 27.6 Å². The molecule has 25 heavy (non-hydrogen) atoms. The van der Waals surface area contributed by atoms with Gasteiger partial charge in [0.05, 0.1) is 27.5 Å². The van der Waals surface area contributed by atoms with Crippen LogP contribution in [-0.4, -0.2) is 41.9 Å². The number of carbonyl (C=O) groups is 1. The van der Waals surface area contributed by atoms with Gasteiger partial charge in [0.1, 0.15) is 0 Å². The number of nitrogens with zero attached hydrogens (tertiary/aromatic N) is 2. The van der Waals surface area contributed by atoms with Gasteiger partial charge in [-0.05, 0) is 48.0 Å². The van der Waals surface area contributed by atoms with Crippen molar-refractivity contribution in [1.82, 2.24) is 14.5 Å². The lowest BCUT2D eigenvalue weighted by atomic mass is 10.2. The first-order valence-electron chi connectivity index (χ1n) is 7.85. The van der Waals surface area contributed by atoms with Crippen molar-refractivity contribution in [3.05, 3.63) is 39.6 Å². The Morgan fingerprint density at radius 3 is 2.44 bits per heavy atom. The molecule has 136 valence electrons. The van der Waals surface area contributed by atoms with Crippen LogP contribution >= 0.6 is 15.9 Å². The van der Waals surface area contributed by atoms with E-state index in [1.807, 2.05) is 0 Å². The molecule has 2 rings (SSSR count). The van der Waals surface area contributed by atoms with Crippen LogP contribution in [0.5, 0.6) is 0 Å². The molecule has 1 aromatic heterocycles. The molecule has 7 nitrogen and oxygen atoms in total. The van der Waals surface area contributed by atoms with E-state index in [4.69, 9.17) is 0 Å². The number of carbonyl (C=O) groups excluding carboxylic acids is 1. The molecule has 2 N–H and O–H groups in total. The van der Waals surface area contributed by atoms with Gasteiger partial charge < -0.3 is 5.32 Å². The van der Waals surface area contributed by atoms with E-state index in [9.17, 15) is 13.2 Å². The predicted octanol–water partition coefficient (Wildman–Crippen LogP) is 3.07. The topological polar surface area (TPSA) is 95.2 Å². The number of hydrogen-bond acceptors (Lipinski definition) is 4. The molecule has 0 aliphatic carbocycles. The van der Waals surface area contributed by atoms with Crippen LogP contribution < -0.4 is 5.32 Å². The summed E-state index contributed by atoms with van der Waals surface area (Å²) in [4.78, 5) is 12.7. The second-order valence-corrected chi connectivity index (χ2v) is 8.29. The minimum absolute atomic E-state index is 0.0881.